The molecule has 19 heavy (non-hydrogen) atoms. The summed E-state index contributed by atoms with van der Waals surface area (Å²) in [6, 6.07) is 3.72. The number of hydrogen-bond acceptors (Lipinski definition) is 3. The monoisotopic (exact) mass is 283 g/mol. The summed E-state index contributed by atoms with van der Waals surface area (Å²) in [5.41, 5.74) is 11.2. The number of nitrogens with one attached hydrogen (secondary N) is 1. The molecule has 0 bridgehead atoms. The van der Waals surface area contributed by atoms with Crippen LogP contribution in [0.1, 0.15) is 31.1 Å². The summed E-state index contributed by atoms with van der Waals surface area (Å²) in [5.74, 6) is -0.955. The van der Waals surface area contributed by atoms with E-state index in [0.717, 1.165) is 0 Å². The van der Waals surface area contributed by atoms with Gasteiger partial charge in [0.1, 0.15) is 0 Å². The van der Waals surface area contributed by atoms with Crippen LogP contribution >= 0.6 is 11.6 Å². The number of benzene rings is 1. The fourth-order valence-electron chi connectivity index (χ4n) is 1.38. The molecule has 0 spiro atoms. The smallest absolute Gasteiger partial charge is 0.248 e. The van der Waals surface area contributed by atoms with Gasteiger partial charge in [-0.25, -0.2) is 0 Å². The van der Waals surface area contributed by atoms with Crippen LogP contribution in [0.2, 0.25) is 5.02 Å². The van der Waals surface area contributed by atoms with Gasteiger partial charge in [0.2, 0.25) is 11.8 Å². The zero-order valence-corrected chi connectivity index (χ0v) is 11.9. The van der Waals surface area contributed by atoms with Crippen molar-refractivity contribution in [3.63, 3.8) is 0 Å². The SMILES string of the molecule is CC(C)(C)[C@@H](N)C(=O)Nc1cc(C(N)=O)ccc1Cl. The summed E-state index contributed by atoms with van der Waals surface area (Å²) >= 11 is 5.96. The fraction of sp³-hybridized carbons (Fsp3) is 0.385. The molecule has 5 N–H and O–H groups in total. The van der Waals surface area contributed by atoms with Gasteiger partial charge in [-0.3, -0.25) is 9.59 Å². The maximum absolute atomic E-state index is 12.0. The van der Waals surface area contributed by atoms with E-state index >= 15 is 0 Å². The summed E-state index contributed by atoms with van der Waals surface area (Å²) < 4.78 is 0. The van der Waals surface area contributed by atoms with E-state index in [1.54, 1.807) is 0 Å². The average Bonchev–Trinajstić information content (AvgIpc) is 2.29. The van der Waals surface area contributed by atoms with Crippen LogP contribution < -0.4 is 16.8 Å². The number of rotatable bonds is 3. The number of hydrogen-bond donors (Lipinski definition) is 3. The van der Waals surface area contributed by atoms with Crippen molar-refractivity contribution in [2.24, 2.45) is 16.9 Å². The highest BCUT2D eigenvalue weighted by Gasteiger charge is 2.27. The number of anilines is 1. The van der Waals surface area contributed by atoms with Crippen LogP contribution in [0.15, 0.2) is 18.2 Å². The molecule has 0 unspecified atom stereocenters. The first-order valence-corrected chi connectivity index (χ1v) is 6.16. The number of amides is 2. The van der Waals surface area contributed by atoms with Gasteiger partial charge in [-0.15, -0.1) is 0 Å². The lowest BCUT2D eigenvalue weighted by molar-refractivity contribution is -0.119. The zero-order chi connectivity index (χ0) is 14.8. The highest BCUT2D eigenvalue weighted by atomic mass is 35.5. The molecule has 0 aromatic heterocycles. The fourth-order valence-corrected chi connectivity index (χ4v) is 1.54. The van der Waals surface area contributed by atoms with Crippen molar-refractivity contribution in [2.45, 2.75) is 26.8 Å². The normalized spacial score (nSPS) is 12.9. The van der Waals surface area contributed by atoms with Crippen LogP contribution in [0.5, 0.6) is 0 Å². The molecule has 1 rings (SSSR count). The molecule has 0 fully saturated rings. The van der Waals surface area contributed by atoms with E-state index < -0.39 is 11.9 Å². The standard InChI is InChI=1S/C13H18ClN3O2/c1-13(2,3)10(15)12(19)17-9-6-7(11(16)18)4-5-8(9)14/h4-6,10H,15H2,1-3H3,(H2,16,18)(H,17,19)/t10-/m0/s1. The Bertz CT molecular complexity index is 509. The Labute approximate surface area is 117 Å². The Kier molecular flexibility index (Phi) is 4.55. The van der Waals surface area contributed by atoms with Crippen LogP contribution in [0, 0.1) is 5.41 Å². The summed E-state index contributed by atoms with van der Waals surface area (Å²) in [7, 11) is 0. The molecule has 1 aromatic rings. The first-order valence-electron chi connectivity index (χ1n) is 5.78. The van der Waals surface area contributed by atoms with E-state index in [0.29, 0.717) is 10.7 Å². The number of carbonyl (C=O) groups is 2. The van der Waals surface area contributed by atoms with E-state index in [1.165, 1.54) is 18.2 Å². The Hall–Kier alpha value is -1.59. The molecular weight excluding hydrogens is 266 g/mol. The quantitative estimate of drug-likeness (QED) is 0.788. The lowest BCUT2D eigenvalue weighted by Gasteiger charge is -2.26. The van der Waals surface area contributed by atoms with Gasteiger partial charge in [0.15, 0.2) is 0 Å². The van der Waals surface area contributed by atoms with Crippen molar-refractivity contribution < 1.29 is 9.59 Å². The molecule has 0 aliphatic heterocycles. The highest BCUT2D eigenvalue weighted by molar-refractivity contribution is 6.34. The van der Waals surface area contributed by atoms with Crippen molar-refractivity contribution in [3.05, 3.63) is 28.8 Å². The van der Waals surface area contributed by atoms with Gasteiger partial charge in [-0.05, 0) is 23.6 Å². The maximum Gasteiger partial charge on any atom is 0.248 e. The molecule has 0 saturated heterocycles. The minimum absolute atomic E-state index is 0.268. The number of halogens is 1. The van der Waals surface area contributed by atoms with E-state index in [2.05, 4.69) is 5.32 Å². The second-order valence-corrected chi connectivity index (χ2v) is 5.80. The van der Waals surface area contributed by atoms with Crippen LogP contribution in [-0.4, -0.2) is 17.9 Å². The molecule has 0 radical (unpaired) electrons. The maximum atomic E-state index is 12.0. The van der Waals surface area contributed by atoms with E-state index in [9.17, 15) is 9.59 Å². The summed E-state index contributed by atoms with van der Waals surface area (Å²) in [5, 5.41) is 2.93. The predicted molar refractivity (Wildman–Crippen MR) is 76.0 cm³/mol. The van der Waals surface area contributed by atoms with Gasteiger partial charge < -0.3 is 16.8 Å². The van der Waals surface area contributed by atoms with Crippen molar-refractivity contribution in [1.82, 2.24) is 0 Å². The van der Waals surface area contributed by atoms with Gasteiger partial charge in [0.25, 0.3) is 0 Å². The lowest BCUT2D eigenvalue weighted by atomic mass is 9.87. The molecule has 0 heterocycles. The Morgan fingerprint density at radius 2 is 1.89 bits per heavy atom. The van der Waals surface area contributed by atoms with Crippen LogP contribution in [0.4, 0.5) is 5.69 Å². The second kappa shape index (κ2) is 5.59. The zero-order valence-electron chi connectivity index (χ0n) is 11.2. The third kappa shape index (κ3) is 3.94. The molecule has 0 aliphatic rings. The van der Waals surface area contributed by atoms with Crippen molar-refractivity contribution in [2.75, 3.05) is 5.32 Å². The van der Waals surface area contributed by atoms with E-state index in [1.807, 2.05) is 20.8 Å². The number of primary amides is 1. The van der Waals surface area contributed by atoms with Gasteiger partial charge in [0.05, 0.1) is 16.8 Å². The topological polar surface area (TPSA) is 98.2 Å². The van der Waals surface area contributed by atoms with Crippen LogP contribution in [0.3, 0.4) is 0 Å². The van der Waals surface area contributed by atoms with Gasteiger partial charge in [-0.1, -0.05) is 32.4 Å². The minimum Gasteiger partial charge on any atom is -0.366 e. The second-order valence-electron chi connectivity index (χ2n) is 5.39. The molecule has 2 amide bonds. The van der Waals surface area contributed by atoms with Crippen LogP contribution in [0.25, 0.3) is 0 Å². The summed E-state index contributed by atoms with van der Waals surface area (Å²) in [6.07, 6.45) is 0. The number of nitrogens with two attached hydrogens (primary N) is 2. The Morgan fingerprint density at radius 3 is 2.37 bits per heavy atom. The number of carbonyl (C=O) groups excluding carboxylic acids is 2. The van der Waals surface area contributed by atoms with Crippen molar-refractivity contribution in [3.8, 4) is 0 Å². The molecule has 104 valence electrons. The molecular formula is C13H18ClN3O2. The Balaban J connectivity index is 2.96. The largest absolute Gasteiger partial charge is 0.366 e. The molecule has 1 aromatic carbocycles. The van der Waals surface area contributed by atoms with Gasteiger partial charge >= 0.3 is 0 Å². The highest BCUT2D eigenvalue weighted by Crippen LogP contribution is 2.25. The summed E-state index contributed by atoms with van der Waals surface area (Å²) in [4.78, 5) is 23.1. The van der Waals surface area contributed by atoms with Crippen LogP contribution in [-0.2, 0) is 4.79 Å². The first-order chi connectivity index (χ1) is 8.62. The molecule has 1 atom stereocenters. The van der Waals surface area contributed by atoms with E-state index in [4.69, 9.17) is 23.1 Å². The average molecular weight is 284 g/mol. The lowest BCUT2D eigenvalue weighted by Crippen LogP contribution is -2.45. The molecule has 0 aliphatic carbocycles. The molecule has 6 heteroatoms. The predicted octanol–water partition coefficient (Wildman–Crippen LogP) is 1.75. The Morgan fingerprint density at radius 1 is 1.32 bits per heavy atom. The van der Waals surface area contributed by atoms with Crippen molar-refractivity contribution in [1.29, 1.82) is 0 Å². The van der Waals surface area contributed by atoms with Crippen molar-refractivity contribution >= 4 is 29.1 Å². The third-order valence-electron chi connectivity index (χ3n) is 2.72. The third-order valence-corrected chi connectivity index (χ3v) is 3.05. The summed E-state index contributed by atoms with van der Waals surface area (Å²) in [6.45, 7) is 5.58. The van der Waals surface area contributed by atoms with Gasteiger partial charge in [-0.2, -0.15) is 0 Å². The molecule has 0 saturated carbocycles. The molecule has 5 nitrogen and oxygen atoms in total. The first kappa shape index (κ1) is 15.5. The van der Waals surface area contributed by atoms with Gasteiger partial charge in [0, 0.05) is 5.56 Å². The minimum atomic E-state index is -0.694. The van der Waals surface area contributed by atoms with E-state index in [-0.39, 0.29) is 16.9 Å².